The molecule has 2 rings (SSSR count). The van der Waals surface area contributed by atoms with Crippen LogP contribution in [0.2, 0.25) is 0 Å². The van der Waals surface area contributed by atoms with E-state index in [-0.39, 0.29) is 40.8 Å². The zero-order valence-corrected chi connectivity index (χ0v) is 29.0. The maximum absolute atomic E-state index is 13.2. The van der Waals surface area contributed by atoms with E-state index in [0.29, 0.717) is 24.1 Å². The molecule has 0 fully saturated rings. The van der Waals surface area contributed by atoms with Crippen molar-refractivity contribution >= 4 is 35.5 Å². The lowest BCUT2D eigenvalue weighted by atomic mass is 9.87. The van der Waals surface area contributed by atoms with Crippen molar-refractivity contribution in [2.75, 3.05) is 46.7 Å². The molecule has 6 atom stereocenters. The summed E-state index contributed by atoms with van der Waals surface area (Å²) in [6.45, 7) is 7.05. The van der Waals surface area contributed by atoms with Crippen LogP contribution in [0.25, 0.3) is 0 Å². The number of allylic oxidation sites excluding steroid dienone is 2. The molecule has 0 radical (unpaired) electrons. The SMILES string of the molecule is CO[C@H]1C=C/C=C(\C)C(=O)Nc2cc(O)c(N=CCN(C)C)c(c2O)C[C@@H](C)C[C@H](OC)[C@H](O)[C@@H](C)/C=C(\C)[C@@H]1OC(=O)NCC(N)=O. The second-order valence-corrected chi connectivity index (χ2v) is 12.3. The number of carbonyl (C=O) groups excluding carboxylic acids is 3. The number of nitrogens with two attached hydrogens (primary N) is 1. The Balaban J connectivity index is 2.66. The number of phenolic OH excluding ortho intramolecular Hbond substituents is 2. The Bertz CT molecular complexity index is 1410. The van der Waals surface area contributed by atoms with E-state index in [0.717, 1.165) is 0 Å². The molecule has 0 aromatic heterocycles. The molecular weight excluding hydrogens is 622 g/mol. The molecule has 0 aliphatic carbocycles. The number of aromatic hydroxyl groups is 2. The maximum atomic E-state index is 13.2. The molecule has 0 saturated carbocycles. The molecule has 0 unspecified atom stereocenters. The van der Waals surface area contributed by atoms with E-state index in [4.69, 9.17) is 19.9 Å². The lowest BCUT2D eigenvalue weighted by molar-refractivity contribution is -0.117. The molecule has 14 nitrogen and oxygen atoms in total. The van der Waals surface area contributed by atoms with Crippen molar-refractivity contribution in [2.45, 2.75) is 65.0 Å². The van der Waals surface area contributed by atoms with Crippen molar-refractivity contribution < 1.29 is 43.9 Å². The first-order chi connectivity index (χ1) is 22.6. The average Bonchev–Trinajstić information content (AvgIpc) is 3.02. The van der Waals surface area contributed by atoms with Crippen LogP contribution in [-0.2, 0) is 30.2 Å². The Kier molecular flexibility index (Phi) is 15.8. The van der Waals surface area contributed by atoms with Crippen LogP contribution >= 0.6 is 0 Å². The fourth-order valence-electron chi connectivity index (χ4n) is 5.23. The summed E-state index contributed by atoms with van der Waals surface area (Å²) < 4.78 is 17.0. The van der Waals surface area contributed by atoms with Gasteiger partial charge in [0.1, 0.15) is 23.3 Å². The number of aliphatic hydroxyl groups excluding tert-OH is 1. The highest BCUT2D eigenvalue weighted by molar-refractivity contribution is 6.04. The Hall–Kier alpha value is -4.24. The Morgan fingerprint density at radius 2 is 1.88 bits per heavy atom. The molecule has 1 aromatic carbocycles. The number of alkyl carbamates (subject to hydrolysis) is 1. The van der Waals surface area contributed by atoms with Gasteiger partial charge in [0.15, 0.2) is 6.10 Å². The third kappa shape index (κ3) is 11.8. The standard InChI is InChI=1S/C34H51N5O9/c1-19-14-23-29(36-12-13-39(5)6)25(40)17-24(31(23)43)38-33(44)20(2)10-9-11-26(46-7)32(48-34(45)37-18-28(35)41)22(4)16-21(3)30(42)27(15-19)47-8/h9-12,16-17,19,21,26-27,30,32,40,42-43H,13-15,18H2,1-8H3,(H2,35,41)(H,37,45)(H,38,44)/b11-9?,20-10+,22-16+,36-12?/t19-,21+,26+,27+,30-,32+/m1/s1. The minimum absolute atomic E-state index is 0.00267. The second-order valence-electron chi connectivity index (χ2n) is 12.3. The van der Waals surface area contributed by atoms with E-state index in [2.05, 4.69) is 15.6 Å². The summed E-state index contributed by atoms with van der Waals surface area (Å²) >= 11 is 0. The molecule has 7 N–H and O–H groups in total. The van der Waals surface area contributed by atoms with Gasteiger partial charge >= 0.3 is 6.09 Å². The Morgan fingerprint density at radius 3 is 2.48 bits per heavy atom. The van der Waals surface area contributed by atoms with E-state index in [1.807, 2.05) is 25.9 Å². The summed E-state index contributed by atoms with van der Waals surface area (Å²) in [6.07, 6.45) is 4.21. The summed E-state index contributed by atoms with van der Waals surface area (Å²) in [5, 5.41) is 38.7. The topological polar surface area (TPSA) is 205 Å². The fraction of sp³-hybridized carbons (Fsp3) is 0.529. The monoisotopic (exact) mass is 673 g/mol. The largest absolute Gasteiger partial charge is 0.506 e. The van der Waals surface area contributed by atoms with Crippen LogP contribution in [0.4, 0.5) is 16.2 Å². The quantitative estimate of drug-likeness (QED) is 0.103. The van der Waals surface area contributed by atoms with Crippen LogP contribution in [0.3, 0.4) is 0 Å². The number of primary amides is 1. The van der Waals surface area contributed by atoms with E-state index in [1.165, 1.54) is 26.4 Å². The van der Waals surface area contributed by atoms with E-state index < -0.39 is 54.8 Å². The van der Waals surface area contributed by atoms with Gasteiger partial charge in [-0.25, -0.2) is 4.79 Å². The molecule has 14 heteroatoms. The normalized spacial score (nSPS) is 26.8. The van der Waals surface area contributed by atoms with Gasteiger partial charge in [0.05, 0.1) is 24.4 Å². The van der Waals surface area contributed by atoms with Crippen LogP contribution in [0, 0.1) is 11.8 Å². The van der Waals surface area contributed by atoms with Gasteiger partial charge in [0, 0.05) is 50.1 Å². The first-order valence-corrected chi connectivity index (χ1v) is 15.7. The molecule has 266 valence electrons. The summed E-state index contributed by atoms with van der Waals surface area (Å²) in [5.74, 6) is -2.43. The Labute approximate surface area is 282 Å². The lowest BCUT2D eigenvalue weighted by Crippen LogP contribution is -2.40. The number of anilines is 1. The number of nitrogens with zero attached hydrogens (tertiary/aromatic N) is 2. The van der Waals surface area contributed by atoms with Crippen molar-refractivity contribution in [3.05, 3.63) is 47.1 Å². The molecule has 1 heterocycles. The van der Waals surface area contributed by atoms with Gasteiger partial charge in [-0.1, -0.05) is 38.2 Å². The number of aliphatic imine (C=N–C) groups is 1. The molecule has 3 amide bonds. The third-order valence-corrected chi connectivity index (χ3v) is 7.87. The third-order valence-electron chi connectivity index (χ3n) is 7.87. The van der Waals surface area contributed by atoms with Gasteiger partial charge in [-0.05, 0) is 52.3 Å². The number of hydrogen-bond donors (Lipinski definition) is 6. The second kappa shape index (κ2) is 18.9. The molecule has 1 aliphatic heterocycles. The molecule has 48 heavy (non-hydrogen) atoms. The predicted molar refractivity (Wildman–Crippen MR) is 183 cm³/mol. The first kappa shape index (κ1) is 39.9. The van der Waals surface area contributed by atoms with Crippen LogP contribution in [-0.4, -0.2) is 110 Å². The number of amides is 3. The van der Waals surface area contributed by atoms with Gasteiger partial charge in [0.25, 0.3) is 5.91 Å². The van der Waals surface area contributed by atoms with Crippen LogP contribution in [0.1, 0.15) is 39.7 Å². The number of hydrogen-bond acceptors (Lipinski definition) is 11. The summed E-state index contributed by atoms with van der Waals surface area (Å²) in [5.41, 5.74) is 6.46. The van der Waals surface area contributed by atoms with Crippen molar-refractivity contribution in [1.29, 1.82) is 0 Å². The van der Waals surface area contributed by atoms with Crippen molar-refractivity contribution in [1.82, 2.24) is 10.2 Å². The number of nitrogens with one attached hydrogen (secondary N) is 2. The minimum atomic E-state index is -0.994. The molecule has 2 bridgehead atoms. The number of methoxy groups -OCH3 is 2. The number of carbonyl (C=O) groups is 3. The molecule has 1 aliphatic rings. The number of phenols is 2. The lowest BCUT2D eigenvalue weighted by Gasteiger charge is -2.29. The van der Waals surface area contributed by atoms with Gasteiger partial charge in [0.2, 0.25) is 5.91 Å². The number of rotatable bonds is 8. The number of fused-ring (bicyclic) bond motifs is 2. The van der Waals surface area contributed by atoms with Crippen molar-refractivity contribution in [2.24, 2.45) is 22.6 Å². The summed E-state index contributed by atoms with van der Waals surface area (Å²) in [4.78, 5) is 43.3. The number of ether oxygens (including phenoxy) is 3. The van der Waals surface area contributed by atoms with E-state index >= 15 is 0 Å². The van der Waals surface area contributed by atoms with E-state index in [1.54, 1.807) is 45.2 Å². The van der Waals surface area contributed by atoms with Crippen molar-refractivity contribution in [3.63, 3.8) is 0 Å². The van der Waals surface area contributed by atoms with Crippen LogP contribution < -0.4 is 16.4 Å². The average molecular weight is 674 g/mol. The Morgan fingerprint density at radius 1 is 1.19 bits per heavy atom. The molecule has 0 spiro atoms. The highest BCUT2D eigenvalue weighted by atomic mass is 16.6. The number of benzene rings is 1. The zero-order chi connectivity index (χ0) is 36.1. The fourth-order valence-corrected chi connectivity index (χ4v) is 5.23. The zero-order valence-electron chi connectivity index (χ0n) is 29.0. The highest BCUT2D eigenvalue weighted by Gasteiger charge is 2.30. The van der Waals surface area contributed by atoms with Gasteiger partial charge in [-0.2, -0.15) is 0 Å². The van der Waals surface area contributed by atoms with Gasteiger partial charge < -0.3 is 50.8 Å². The van der Waals surface area contributed by atoms with E-state index in [9.17, 15) is 29.7 Å². The van der Waals surface area contributed by atoms with Gasteiger partial charge in [-0.3, -0.25) is 14.6 Å². The summed E-state index contributed by atoms with van der Waals surface area (Å²) in [6, 6.07) is 1.25. The summed E-state index contributed by atoms with van der Waals surface area (Å²) in [7, 11) is 6.65. The van der Waals surface area contributed by atoms with Gasteiger partial charge in [-0.15, -0.1) is 0 Å². The maximum Gasteiger partial charge on any atom is 0.408 e. The molecular formula is C34H51N5O9. The number of aliphatic hydroxyl groups is 1. The van der Waals surface area contributed by atoms with Crippen molar-refractivity contribution in [3.8, 4) is 11.5 Å². The predicted octanol–water partition coefficient (Wildman–Crippen LogP) is 2.94. The smallest absolute Gasteiger partial charge is 0.408 e. The molecule has 0 saturated heterocycles. The minimum Gasteiger partial charge on any atom is -0.506 e. The molecule has 1 aromatic rings. The highest BCUT2D eigenvalue weighted by Crippen LogP contribution is 2.44. The first-order valence-electron chi connectivity index (χ1n) is 15.7. The van der Waals surface area contributed by atoms with Crippen LogP contribution in [0.15, 0.2) is 46.5 Å². The van der Waals surface area contributed by atoms with Crippen LogP contribution in [0.5, 0.6) is 11.5 Å².